The number of ether oxygens (including phenoxy) is 12. The Balaban J connectivity index is 0.875. The first-order valence-corrected chi connectivity index (χ1v) is 30.2. The van der Waals surface area contributed by atoms with Gasteiger partial charge in [-0.25, -0.2) is 0 Å². The fourth-order valence-electron chi connectivity index (χ4n) is 17.0. The molecule has 6 aliphatic heterocycles. The highest BCUT2D eigenvalue weighted by Gasteiger charge is 2.79. The monoisotopic (exact) mass is 1220 g/mol. The summed E-state index contributed by atoms with van der Waals surface area (Å²) in [6.07, 6.45) is -31.2. The van der Waals surface area contributed by atoms with Crippen LogP contribution in [0.5, 0.6) is 0 Å². The maximum absolute atomic E-state index is 14.4. The highest BCUT2D eigenvalue weighted by Crippen LogP contribution is 2.75. The molecule has 26 heteroatoms. The Morgan fingerprint density at radius 1 is 0.647 bits per heavy atom. The lowest BCUT2D eigenvalue weighted by Crippen LogP contribution is -2.68. The van der Waals surface area contributed by atoms with E-state index in [0.29, 0.717) is 38.5 Å². The zero-order valence-corrected chi connectivity index (χ0v) is 49.6. The molecule has 85 heavy (non-hydrogen) atoms. The highest BCUT2D eigenvalue weighted by molar-refractivity contribution is 5.99. The lowest BCUT2D eigenvalue weighted by Gasteiger charge is -2.63. The van der Waals surface area contributed by atoms with Gasteiger partial charge < -0.3 is 118 Å². The van der Waals surface area contributed by atoms with Crippen molar-refractivity contribution >= 4 is 11.8 Å². The smallest absolute Gasteiger partial charge is 0.314 e. The minimum atomic E-state index is -2.00. The van der Waals surface area contributed by atoms with E-state index in [9.17, 15) is 70.9 Å². The molecule has 0 aromatic rings. The van der Waals surface area contributed by atoms with E-state index in [1.807, 2.05) is 13.8 Å². The van der Waals surface area contributed by atoms with E-state index >= 15 is 0 Å². The van der Waals surface area contributed by atoms with Gasteiger partial charge in [-0.3, -0.25) is 9.59 Å². The summed E-state index contributed by atoms with van der Waals surface area (Å²) in [4.78, 5) is 28.8. The Labute approximate surface area is 494 Å². The predicted octanol–water partition coefficient (Wildman–Crippen LogP) is -1.75. The first kappa shape index (κ1) is 65.6. The van der Waals surface area contributed by atoms with E-state index in [4.69, 9.17) is 56.8 Å². The number of methoxy groups -OCH3 is 1. The first-order valence-electron chi connectivity index (χ1n) is 30.2. The molecular formula is C59H92O26. The average molecular weight is 1220 g/mol. The van der Waals surface area contributed by atoms with Gasteiger partial charge in [0.05, 0.1) is 50.0 Å². The van der Waals surface area contributed by atoms with Crippen LogP contribution in [0.4, 0.5) is 0 Å². The molecule has 10 aliphatic rings. The molecule has 6 saturated heterocycles. The summed E-state index contributed by atoms with van der Waals surface area (Å²) in [7, 11) is 1.19. The third-order valence-corrected chi connectivity index (χ3v) is 21.6. The van der Waals surface area contributed by atoms with E-state index in [1.165, 1.54) is 19.6 Å². The molecule has 12 N–H and O–H groups in total. The van der Waals surface area contributed by atoms with Crippen LogP contribution in [0.1, 0.15) is 106 Å². The molecule has 0 radical (unpaired) electrons. The summed E-state index contributed by atoms with van der Waals surface area (Å²) < 4.78 is 72.7. The maximum Gasteiger partial charge on any atom is 0.314 e. The van der Waals surface area contributed by atoms with Crippen LogP contribution < -0.4 is 0 Å². The van der Waals surface area contributed by atoms with E-state index in [1.54, 1.807) is 0 Å². The minimum absolute atomic E-state index is 0.0173. The standard InChI is InChI=1S/C59H92O26/c1-24(2)11-10-16-58(8)48-28(62)19-57(7)27-12-13-33-55(4,5)34(15-17-56(33,6)26(27)14-18-59(48,57)54(73)85-58)80-52-46(36(66)30(64)23-76-52)84-53-47(83-49-39(69)35(65)29(63)22-75-49)40(70)43(25(3)77-53)81-51-42(72)45(38(68)32(21-61)79-51)82-50-41(71)44(74-9)37(67)31(20-60)78-50/h14,25,27,29-53,60-61,63-72H,1,10-13,15-23H2,2-9H3/t25-,27?,29-,30-,31-,32-,33?,34+,35+,36+,37-,38-,39-,40+,41-,42-,43-,44+,45+,46-,47-,48-,49+,50+,51+,52+,53+,56-,57+,58+,59-/m1/s1. The number of ketones is 1. The second-order valence-corrected chi connectivity index (χ2v) is 27.2. The number of cyclic esters (lactones) is 1. The Bertz CT molecular complexity index is 2430. The van der Waals surface area contributed by atoms with Crippen molar-refractivity contribution in [2.45, 2.75) is 259 Å². The van der Waals surface area contributed by atoms with E-state index in [-0.39, 0.29) is 35.6 Å². The zero-order valence-electron chi connectivity index (χ0n) is 49.6. The quantitative estimate of drug-likeness (QED) is 0.0437. The Hall–Kier alpha value is -2.30. The molecule has 0 bridgehead atoms. The van der Waals surface area contributed by atoms with Crippen molar-refractivity contribution in [3.8, 4) is 0 Å². The van der Waals surface area contributed by atoms with Crippen molar-refractivity contribution in [1.82, 2.24) is 0 Å². The second-order valence-electron chi connectivity index (χ2n) is 27.2. The summed E-state index contributed by atoms with van der Waals surface area (Å²) in [6.45, 7) is 15.5. The lowest BCUT2D eigenvalue weighted by atomic mass is 9.41. The van der Waals surface area contributed by atoms with Crippen molar-refractivity contribution in [3.63, 3.8) is 0 Å². The molecule has 1 spiro atoms. The Morgan fingerprint density at radius 2 is 1.22 bits per heavy atom. The van der Waals surface area contributed by atoms with Crippen molar-refractivity contribution in [1.29, 1.82) is 0 Å². The largest absolute Gasteiger partial charge is 0.458 e. The Morgan fingerprint density at radius 3 is 1.86 bits per heavy atom. The van der Waals surface area contributed by atoms with Gasteiger partial charge in [-0.15, -0.1) is 6.58 Å². The third kappa shape index (κ3) is 11.1. The van der Waals surface area contributed by atoms with Crippen LogP contribution in [0.2, 0.25) is 0 Å². The molecular weight excluding hydrogens is 1120 g/mol. The van der Waals surface area contributed by atoms with Gasteiger partial charge >= 0.3 is 5.97 Å². The van der Waals surface area contributed by atoms with Crippen molar-refractivity contribution in [3.05, 3.63) is 23.8 Å². The highest BCUT2D eigenvalue weighted by atomic mass is 16.8. The molecule has 4 aliphatic carbocycles. The summed E-state index contributed by atoms with van der Waals surface area (Å²) >= 11 is 0. The van der Waals surface area contributed by atoms with Gasteiger partial charge in [-0.05, 0) is 100 Å². The number of fused-ring (bicyclic) bond motifs is 4. The number of rotatable bonds is 17. The number of hydrogen-bond acceptors (Lipinski definition) is 26. The van der Waals surface area contributed by atoms with Crippen molar-refractivity contribution in [2.75, 3.05) is 33.5 Å². The minimum Gasteiger partial charge on any atom is -0.458 e. The molecule has 0 aromatic heterocycles. The van der Waals surface area contributed by atoms with Gasteiger partial charge in [-0.2, -0.15) is 0 Å². The molecule has 484 valence electrons. The number of aliphatic hydroxyl groups is 12. The van der Waals surface area contributed by atoms with Crippen LogP contribution in [0.25, 0.3) is 0 Å². The number of allylic oxidation sites excluding steroid dienone is 3. The molecule has 26 nitrogen and oxygen atoms in total. The van der Waals surface area contributed by atoms with Gasteiger partial charge in [0, 0.05) is 13.5 Å². The van der Waals surface area contributed by atoms with Gasteiger partial charge in [-0.1, -0.05) is 44.9 Å². The molecule has 2 unspecified atom stereocenters. The van der Waals surface area contributed by atoms with Crippen LogP contribution in [-0.2, 0) is 66.4 Å². The topological polar surface area (TPSA) is 388 Å². The summed E-state index contributed by atoms with van der Waals surface area (Å²) in [5.41, 5.74) is -1.22. The van der Waals surface area contributed by atoms with Crippen LogP contribution in [-0.4, -0.2) is 260 Å². The number of Topliss-reactive ketones (excluding diaryl/α,β-unsaturated/α-hetero) is 1. The van der Waals surface area contributed by atoms with E-state index < -0.39 is 195 Å². The van der Waals surface area contributed by atoms with Crippen LogP contribution in [0, 0.1) is 39.4 Å². The fourth-order valence-corrected chi connectivity index (χ4v) is 17.0. The molecule has 0 aromatic carbocycles. The summed E-state index contributed by atoms with van der Waals surface area (Å²) in [6, 6.07) is 0. The number of hydrogen-bond donors (Lipinski definition) is 12. The fraction of sp³-hybridized carbons (Fsp3) is 0.898. The number of carbonyl (C=O) groups is 2. The van der Waals surface area contributed by atoms with Crippen LogP contribution in [0.15, 0.2) is 23.8 Å². The second kappa shape index (κ2) is 24.7. The van der Waals surface area contributed by atoms with Crippen molar-refractivity contribution in [2.24, 2.45) is 39.4 Å². The number of esters is 1. The first-order chi connectivity index (χ1) is 40.0. The molecule has 9 fully saturated rings. The van der Waals surface area contributed by atoms with Gasteiger partial charge in [0.15, 0.2) is 31.5 Å². The Kier molecular flexibility index (Phi) is 19.1. The third-order valence-electron chi connectivity index (χ3n) is 21.6. The summed E-state index contributed by atoms with van der Waals surface area (Å²) in [5.74, 6) is -0.785. The van der Waals surface area contributed by atoms with Gasteiger partial charge in [0.2, 0.25) is 0 Å². The van der Waals surface area contributed by atoms with Gasteiger partial charge in [0.1, 0.15) is 115 Å². The molecule has 0 amide bonds. The predicted molar refractivity (Wildman–Crippen MR) is 287 cm³/mol. The molecule has 10 rings (SSSR count). The number of aliphatic hydroxyl groups excluding tert-OH is 12. The van der Waals surface area contributed by atoms with E-state index in [0.717, 1.165) is 24.8 Å². The van der Waals surface area contributed by atoms with E-state index in [2.05, 4.69) is 40.3 Å². The van der Waals surface area contributed by atoms with Crippen molar-refractivity contribution < 1.29 is 128 Å². The normalized spacial score (nSPS) is 52.3. The molecule has 3 saturated carbocycles. The zero-order chi connectivity index (χ0) is 61.8. The number of carbonyl (C=O) groups excluding carboxylic acids is 2. The molecule has 6 heterocycles. The average Bonchev–Trinajstić information content (AvgIpc) is 1.54. The lowest BCUT2D eigenvalue weighted by molar-refractivity contribution is -0.403. The maximum atomic E-state index is 14.4. The SMILES string of the molecule is C=C(C)CCC[C@]1(C)OC(=O)[C@]23CC=C4C(CCC5C(C)(C)[C@@H](O[C@@H]6OC[C@@H](O)[C@H](O)[C@H]6O[C@@H]6O[C@H](C)[C@@H](O[C@@H]7O[C@H](CO)[C@@H](O)[C@H](O[C@@H]8O[C@H](CO)[C@@H](O)[C@H](OC)[C@H]8O)[C@H]7O)[C@H](O)[C@H]6O[C@@H]6OC[C@@H](O)[C@H](O)[C@H]6O)CC[C@]45C)[C@]2(C)CC(=O)[C@@H]31. The van der Waals surface area contributed by atoms with Crippen LogP contribution >= 0.6 is 0 Å². The summed E-state index contributed by atoms with van der Waals surface area (Å²) in [5, 5.41) is 132. The molecule has 31 atom stereocenters. The van der Waals surface area contributed by atoms with Crippen LogP contribution in [0.3, 0.4) is 0 Å². The van der Waals surface area contributed by atoms with Gasteiger partial charge in [0.25, 0.3) is 0 Å².